The molecule has 2 rings (SSSR count). The van der Waals surface area contributed by atoms with Gasteiger partial charge in [-0.25, -0.2) is 9.59 Å². The van der Waals surface area contributed by atoms with Crippen molar-refractivity contribution in [2.75, 3.05) is 13.2 Å². The van der Waals surface area contributed by atoms with Crippen molar-refractivity contribution >= 4 is 12.0 Å². The van der Waals surface area contributed by atoms with Crippen molar-refractivity contribution < 1.29 is 19.8 Å². The maximum absolute atomic E-state index is 12.2. The van der Waals surface area contributed by atoms with Crippen molar-refractivity contribution in [1.82, 2.24) is 10.2 Å². The first-order valence-corrected chi connectivity index (χ1v) is 7.02. The number of urea groups is 1. The molecule has 0 unspecified atom stereocenters. The second-order valence-electron chi connectivity index (χ2n) is 5.53. The zero-order valence-electron chi connectivity index (χ0n) is 11.1. The van der Waals surface area contributed by atoms with Gasteiger partial charge in [-0.15, -0.1) is 0 Å². The van der Waals surface area contributed by atoms with Crippen LogP contribution in [0.1, 0.15) is 44.9 Å². The monoisotopic (exact) mass is 270 g/mol. The van der Waals surface area contributed by atoms with Gasteiger partial charge in [-0.2, -0.15) is 0 Å². The Bertz CT molecular complexity index is 349. The zero-order chi connectivity index (χ0) is 13.9. The Hall–Kier alpha value is -1.30. The summed E-state index contributed by atoms with van der Waals surface area (Å²) in [5.74, 6) is -0.944. The van der Waals surface area contributed by atoms with Crippen LogP contribution in [0.25, 0.3) is 0 Å². The molecule has 2 aliphatic rings. The van der Waals surface area contributed by atoms with Gasteiger partial charge in [-0.1, -0.05) is 19.3 Å². The van der Waals surface area contributed by atoms with Crippen LogP contribution in [0.2, 0.25) is 0 Å². The normalized spacial score (nSPS) is 21.7. The molecule has 0 radical (unpaired) electrons. The molecule has 3 N–H and O–H groups in total. The van der Waals surface area contributed by atoms with E-state index in [1.807, 2.05) is 0 Å². The number of aliphatic hydroxyl groups excluding tert-OH is 1. The highest BCUT2D eigenvalue weighted by molar-refractivity contribution is 5.86. The number of carbonyl (C=O) groups is 2. The molecule has 0 saturated heterocycles. The molecule has 108 valence electrons. The van der Waals surface area contributed by atoms with E-state index in [1.54, 1.807) is 4.90 Å². The third kappa shape index (κ3) is 3.18. The van der Waals surface area contributed by atoms with Crippen LogP contribution in [0.15, 0.2) is 0 Å². The Balaban J connectivity index is 2.03. The van der Waals surface area contributed by atoms with Crippen LogP contribution in [0.3, 0.4) is 0 Å². The van der Waals surface area contributed by atoms with Crippen molar-refractivity contribution in [3.8, 4) is 0 Å². The quantitative estimate of drug-likeness (QED) is 0.693. The van der Waals surface area contributed by atoms with Crippen LogP contribution in [-0.4, -0.2) is 51.8 Å². The minimum absolute atomic E-state index is 0.0933. The molecule has 2 fully saturated rings. The second-order valence-corrected chi connectivity index (χ2v) is 5.53. The van der Waals surface area contributed by atoms with Crippen molar-refractivity contribution in [3.63, 3.8) is 0 Å². The molecule has 6 nitrogen and oxygen atoms in total. The number of carboxylic acids is 1. The summed E-state index contributed by atoms with van der Waals surface area (Å²) in [5, 5.41) is 21.1. The first-order chi connectivity index (χ1) is 9.09. The molecule has 19 heavy (non-hydrogen) atoms. The van der Waals surface area contributed by atoms with E-state index in [0.717, 1.165) is 32.1 Å². The van der Waals surface area contributed by atoms with Gasteiger partial charge in [0, 0.05) is 12.6 Å². The van der Waals surface area contributed by atoms with Gasteiger partial charge in [-0.05, 0) is 25.7 Å². The van der Waals surface area contributed by atoms with Gasteiger partial charge in [-0.3, -0.25) is 0 Å². The van der Waals surface area contributed by atoms with Gasteiger partial charge < -0.3 is 20.4 Å². The number of carbonyl (C=O) groups excluding carboxylic acids is 1. The van der Waals surface area contributed by atoms with E-state index >= 15 is 0 Å². The molecule has 2 amide bonds. The van der Waals surface area contributed by atoms with Crippen molar-refractivity contribution in [2.24, 2.45) is 0 Å². The second kappa shape index (κ2) is 5.77. The third-order valence-electron chi connectivity index (χ3n) is 4.05. The number of nitrogens with zero attached hydrogens (tertiary/aromatic N) is 1. The number of hydrogen-bond donors (Lipinski definition) is 3. The molecule has 2 aliphatic carbocycles. The highest BCUT2D eigenvalue weighted by atomic mass is 16.4. The first kappa shape index (κ1) is 14.1. The van der Waals surface area contributed by atoms with Gasteiger partial charge in [0.15, 0.2) is 0 Å². The van der Waals surface area contributed by atoms with E-state index in [9.17, 15) is 14.7 Å². The summed E-state index contributed by atoms with van der Waals surface area (Å²) < 4.78 is 0. The van der Waals surface area contributed by atoms with E-state index in [1.165, 1.54) is 0 Å². The van der Waals surface area contributed by atoms with Crippen LogP contribution in [0.5, 0.6) is 0 Å². The van der Waals surface area contributed by atoms with E-state index < -0.39 is 11.5 Å². The third-order valence-corrected chi connectivity index (χ3v) is 4.05. The van der Waals surface area contributed by atoms with Crippen molar-refractivity contribution in [1.29, 1.82) is 0 Å². The lowest BCUT2D eigenvalue weighted by atomic mass is 9.82. The molecule has 0 aromatic carbocycles. The minimum Gasteiger partial charge on any atom is -0.480 e. The summed E-state index contributed by atoms with van der Waals surface area (Å²) in [6, 6.07) is -0.178. The average molecular weight is 270 g/mol. The van der Waals surface area contributed by atoms with Crippen molar-refractivity contribution in [2.45, 2.75) is 56.5 Å². The Kier molecular flexibility index (Phi) is 4.29. The number of aliphatic hydroxyl groups is 1. The lowest BCUT2D eigenvalue weighted by Gasteiger charge is -2.36. The van der Waals surface area contributed by atoms with E-state index in [4.69, 9.17) is 5.11 Å². The summed E-state index contributed by atoms with van der Waals surface area (Å²) >= 11 is 0. The summed E-state index contributed by atoms with van der Waals surface area (Å²) in [7, 11) is 0. The van der Waals surface area contributed by atoms with Crippen LogP contribution in [-0.2, 0) is 4.79 Å². The summed E-state index contributed by atoms with van der Waals surface area (Å²) in [4.78, 5) is 25.3. The number of rotatable bonds is 5. The van der Waals surface area contributed by atoms with E-state index in [0.29, 0.717) is 12.8 Å². The minimum atomic E-state index is -1.11. The topological polar surface area (TPSA) is 89.9 Å². The summed E-state index contributed by atoms with van der Waals surface area (Å²) in [5.41, 5.74) is -1.11. The molecule has 0 spiro atoms. The van der Waals surface area contributed by atoms with Crippen LogP contribution in [0, 0.1) is 0 Å². The van der Waals surface area contributed by atoms with Gasteiger partial charge in [0.1, 0.15) is 5.54 Å². The number of carboxylic acid groups (broad SMARTS) is 1. The maximum atomic E-state index is 12.2. The Morgan fingerprint density at radius 1 is 1.21 bits per heavy atom. The predicted molar refractivity (Wildman–Crippen MR) is 68.8 cm³/mol. The predicted octanol–water partition coefficient (Wildman–Crippen LogP) is 0.940. The first-order valence-electron chi connectivity index (χ1n) is 7.02. The molecule has 2 saturated carbocycles. The largest absolute Gasteiger partial charge is 0.480 e. The molecular weight excluding hydrogens is 248 g/mol. The van der Waals surface area contributed by atoms with Gasteiger partial charge in [0.05, 0.1) is 6.61 Å². The number of aliphatic carboxylic acids is 1. The summed E-state index contributed by atoms with van der Waals surface area (Å²) in [6.07, 6.45) is 5.54. The maximum Gasteiger partial charge on any atom is 0.329 e. The standard InChI is InChI=1S/C13H22N2O4/c16-9-8-15(10-4-5-10)12(19)14-13(11(17)18)6-2-1-3-7-13/h10,16H,1-9H2,(H,14,19)(H,17,18). The fourth-order valence-corrected chi connectivity index (χ4v) is 2.77. The molecule has 0 atom stereocenters. The van der Waals surface area contributed by atoms with Gasteiger partial charge in [0.25, 0.3) is 0 Å². The smallest absolute Gasteiger partial charge is 0.329 e. The van der Waals surface area contributed by atoms with Crippen LogP contribution < -0.4 is 5.32 Å². The lowest BCUT2D eigenvalue weighted by molar-refractivity contribution is -0.146. The van der Waals surface area contributed by atoms with Crippen LogP contribution in [0.4, 0.5) is 4.79 Å². The molecule has 0 heterocycles. The molecule has 0 aromatic heterocycles. The highest BCUT2D eigenvalue weighted by Gasteiger charge is 2.43. The molecule has 6 heteroatoms. The molecular formula is C13H22N2O4. The fourth-order valence-electron chi connectivity index (χ4n) is 2.77. The van der Waals surface area contributed by atoms with E-state index in [-0.39, 0.29) is 25.2 Å². The highest BCUT2D eigenvalue weighted by Crippen LogP contribution is 2.31. The Morgan fingerprint density at radius 2 is 1.84 bits per heavy atom. The SMILES string of the molecule is O=C(NC1(C(=O)O)CCCCC1)N(CCO)C1CC1. The number of nitrogens with one attached hydrogen (secondary N) is 1. The van der Waals surface area contributed by atoms with Crippen molar-refractivity contribution in [3.05, 3.63) is 0 Å². The average Bonchev–Trinajstić information content (AvgIpc) is 3.21. The molecule has 0 aliphatic heterocycles. The summed E-state index contributed by atoms with van der Waals surface area (Å²) in [6.45, 7) is 0.177. The molecule has 0 aromatic rings. The Morgan fingerprint density at radius 3 is 2.32 bits per heavy atom. The van der Waals surface area contributed by atoms with Crippen LogP contribution >= 0.6 is 0 Å². The number of hydrogen-bond acceptors (Lipinski definition) is 3. The Labute approximate surface area is 112 Å². The lowest BCUT2D eigenvalue weighted by Crippen LogP contribution is -2.59. The fraction of sp³-hybridized carbons (Fsp3) is 0.846. The van der Waals surface area contributed by atoms with Gasteiger partial charge >= 0.3 is 12.0 Å². The van der Waals surface area contributed by atoms with Gasteiger partial charge in [0.2, 0.25) is 0 Å². The number of amides is 2. The van der Waals surface area contributed by atoms with E-state index in [2.05, 4.69) is 5.32 Å². The molecule has 0 bridgehead atoms. The zero-order valence-corrected chi connectivity index (χ0v) is 11.1.